The predicted molar refractivity (Wildman–Crippen MR) is 71.1 cm³/mol. The number of thiazole rings is 1. The summed E-state index contributed by atoms with van der Waals surface area (Å²) in [5.74, 6) is 0.283. The van der Waals surface area contributed by atoms with Crippen molar-refractivity contribution >= 4 is 45.5 Å². The smallest absolute Gasteiger partial charge is 0.413 e. The molecule has 90 valence electrons. The normalized spacial score (nSPS) is 10.2. The van der Waals surface area contributed by atoms with Gasteiger partial charge in [0.25, 0.3) is 0 Å². The fourth-order valence-corrected chi connectivity index (χ4v) is 2.66. The molecule has 0 saturated heterocycles. The largest absolute Gasteiger partial charge is 0.448 e. The Balaban J connectivity index is 1.97. The van der Waals surface area contributed by atoms with E-state index in [1.807, 2.05) is 22.9 Å². The topological polar surface area (TPSA) is 51.2 Å². The molecule has 2 aromatic rings. The summed E-state index contributed by atoms with van der Waals surface area (Å²) in [7, 11) is 0. The molecule has 0 saturated carbocycles. The summed E-state index contributed by atoms with van der Waals surface area (Å²) in [6.45, 7) is 0.191. The van der Waals surface area contributed by atoms with E-state index in [2.05, 4.69) is 10.3 Å². The summed E-state index contributed by atoms with van der Waals surface area (Å²) in [4.78, 5) is 16.6. The van der Waals surface area contributed by atoms with Crippen LogP contribution in [0.5, 0.6) is 0 Å². The van der Waals surface area contributed by atoms with Crippen molar-refractivity contribution in [1.29, 1.82) is 0 Å². The Bertz CT molecular complexity index is 484. The Morgan fingerprint density at radius 1 is 1.53 bits per heavy atom. The molecule has 0 aliphatic carbocycles. The Morgan fingerprint density at radius 2 is 2.41 bits per heavy atom. The van der Waals surface area contributed by atoms with E-state index in [4.69, 9.17) is 16.3 Å². The minimum atomic E-state index is -0.530. The third kappa shape index (κ3) is 3.42. The van der Waals surface area contributed by atoms with Crippen LogP contribution < -0.4 is 5.32 Å². The second kappa shape index (κ2) is 6.00. The number of halogens is 1. The van der Waals surface area contributed by atoms with Gasteiger partial charge in [-0.25, -0.2) is 9.78 Å². The average Bonchev–Trinajstić information content (AvgIpc) is 2.95. The lowest BCUT2D eigenvalue weighted by molar-refractivity contribution is 0.168. The highest BCUT2D eigenvalue weighted by Crippen LogP contribution is 2.28. The first-order valence-electron chi connectivity index (χ1n) is 4.79. The van der Waals surface area contributed by atoms with Crippen LogP contribution in [0.3, 0.4) is 0 Å². The molecule has 0 aliphatic heterocycles. The zero-order valence-corrected chi connectivity index (χ0v) is 11.1. The van der Waals surface area contributed by atoms with Crippen LogP contribution in [0.1, 0.15) is 0 Å². The summed E-state index contributed by atoms with van der Waals surface area (Å²) >= 11 is 8.37. The molecule has 0 atom stereocenters. The molecule has 0 radical (unpaired) electrons. The van der Waals surface area contributed by atoms with Gasteiger partial charge in [0.2, 0.25) is 0 Å². The molecule has 2 rings (SSSR count). The van der Waals surface area contributed by atoms with Gasteiger partial charge in [0.15, 0.2) is 5.13 Å². The lowest BCUT2D eigenvalue weighted by Crippen LogP contribution is -2.14. The van der Waals surface area contributed by atoms with Crippen molar-refractivity contribution < 1.29 is 9.53 Å². The maximum absolute atomic E-state index is 11.2. The molecule has 0 bridgehead atoms. The van der Waals surface area contributed by atoms with Crippen molar-refractivity contribution in [3.63, 3.8) is 0 Å². The lowest BCUT2D eigenvalue weighted by Gasteiger charge is -2.01. The predicted octanol–water partition coefficient (Wildman–Crippen LogP) is 3.66. The number of thiophene rings is 1. The number of hydrogen-bond acceptors (Lipinski definition) is 5. The van der Waals surface area contributed by atoms with Gasteiger partial charge in [0.1, 0.15) is 6.61 Å². The Morgan fingerprint density at radius 3 is 3.12 bits per heavy atom. The van der Waals surface area contributed by atoms with Crippen LogP contribution in [0.4, 0.5) is 9.93 Å². The molecule has 17 heavy (non-hydrogen) atoms. The molecule has 7 heteroatoms. The van der Waals surface area contributed by atoms with E-state index in [9.17, 15) is 4.79 Å². The lowest BCUT2D eigenvalue weighted by atomic mass is 10.4. The number of carbonyl (C=O) groups is 1. The highest BCUT2D eigenvalue weighted by molar-refractivity contribution is 7.16. The van der Waals surface area contributed by atoms with Gasteiger partial charge in [-0.2, -0.15) is 0 Å². The molecular formula is C10H9ClN2O2S2. The van der Waals surface area contributed by atoms with Crippen molar-refractivity contribution in [2.45, 2.75) is 0 Å². The van der Waals surface area contributed by atoms with Crippen LogP contribution in [-0.2, 0) is 4.74 Å². The second-order valence-electron chi connectivity index (χ2n) is 2.97. The number of carbonyl (C=O) groups excluding carboxylic acids is 1. The summed E-state index contributed by atoms with van der Waals surface area (Å²) in [5, 5.41) is 6.95. The number of nitrogens with one attached hydrogen (secondary N) is 1. The van der Waals surface area contributed by atoms with Crippen LogP contribution in [0, 0.1) is 0 Å². The van der Waals surface area contributed by atoms with Crippen LogP contribution in [-0.4, -0.2) is 23.6 Å². The minimum Gasteiger partial charge on any atom is -0.448 e. The van der Waals surface area contributed by atoms with Crippen LogP contribution in [0.15, 0.2) is 22.9 Å². The molecule has 0 unspecified atom stereocenters. The van der Waals surface area contributed by atoms with Gasteiger partial charge in [-0.1, -0.05) is 6.07 Å². The first kappa shape index (κ1) is 12.3. The van der Waals surface area contributed by atoms with Crippen molar-refractivity contribution in [3.05, 3.63) is 22.9 Å². The van der Waals surface area contributed by atoms with E-state index in [0.29, 0.717) is 5.13 Å². The number of nitrogens with zero attached hydrogens (tertiary/aromatic N) is 1. The molecule has 0 spiro atoms. The second-order valence-corrected chi connectivity index (χ2v) is 5.15. The Hall–Kier alpha value is -1.11. The summed E-state index contributed by atoms with van der Waals surface area (Å²) in [5.41, 5.74) is 0.859. The third-order valence-electron chi connectivity index (χ3n) is 1.80. The Labute approximate surface area is 111 Å². The van der Waals surface area contributed by atoms with E-state index >= 15 is 0 Å². The van der Waals surface area contributed by atoms with Gasteiger partial charge in [-0.3, -0.25) is 5.32 Å². The zero-order valence-electron chi connectivity index (χ0n) is 8.68. The van der Waals surface area contributed by atoms with Gasteiger partial charge in [-0.15, -0.1) is 34.3 Å². The highest BCUT2D eigenvalue weighted by Gasteiger charge is 2.08. The Kier molecular flexibility index (Phi) is 4.36. The van der Waals surface area contributed by atoms with E-state index < -0.39 is 6.09 Å². The molecular weight excluding hydrogens is 280 g/mol. The van der Waals surface area contributed by atoms with Crippen molar-refractivity contribution in [1.82, 2.24) is 4.98 Å². The van der Waals surface area contributed by atoms with E-state index in [0.717, 1.165) is 10.6 Å². The van der Waals surface area contributed by atoms with Crippen molar-refractivity contribution in [2.24, 2.45) is 0 Å². The first-order valence-corrected chi connectivity index (χ1v) is 7.08. The first-order chi connectivity index (χ1) is 8.29. The molecule has 0 aromatic carbocycles. The summed E-state index contributed by atoms with van der Waals surface area (Å²) < 4.78 is 4.78. The van der Waals surface area contributed by atoms with Crippen molar-refractivity contribution in [2.75, 3.05) is 17.8 Å². The fourth-order valence-electron chi connectivity index (χ4n) is 1.12. The number of ether oxygens (including phenoxy) is 1. The van der Waals surface area contributed by atoms with Crippen LogP contribution in [0.25, 0.3) is 10.6 Å². The van der Waals surface area contributed by atoms with Gasteiger partial charge in [0.05, 0.1) is 16.5 Å². The number of aromatic nitrogens is 1. The quantitative estimate of drug-likeness (QED) is 0.874. The van der Waals surface area contributed by atoms with Gasteiger partial charge in [-0.05, 0) is 11.4 Å². The number of amides is 1. The summed E-state index contributed by atoms with van der Waals surface area (Å²) in [6.07, 6.45) is -0.530. The molecule has 1 amide bonds. The van der Waals surface area contributed by atoms with E-state index in [1.54, 1.807) is 11.3 Å². The van der Waals surface area contributed by atoms with E-state index in [-0.39, 0.29) is 12.5 Å². The van der Waals surface area contributed by atoms with Gasteiger partial charge < -0.3 is 4.74 Å². The zero-order chi connectivity index (χ0) is 12.1. The molecule has 0 fully saturated rings. The summed E-state index contributed by atoms with van der Waals surface area (Å²) in [6, 6.07) is 3.94. The average molecular weight is 289 g/mol. The molecule has 0 aliphatic rings. The SMILES string of the molecule is O=C(Nc1nc(-c2cccs2)cs1)OCCCl. The van der Waals surface area contributed by atoms with Gasteiger partial charge in [0, 0.05) is 5.38 Å². The monoisotopic (exact) mass is 288 g/mol. The maximum atomic E-state index is 11.2. The van der Waals surface area contributed by atoms with E-state index in [1.165, 1.54) is 11.3 Å². The van der Waals surface area contributed by atoms with Crippen LogP contribution in [0.2, 0.25) is 0 Å². The molecule has 2 aromatic heterocycles. The fraction of sp³-hybridized carbons (Fsp3) is 0.200. The van der Waals surface area contributed by atoms with Crippen LogP contribution >= 0.6 is 34.3 Å². The number of rotatable bonds is 4. The van der Waals surface area contributed by atoms with Gasteiger partial charge >= 0.3 is 6.09 Å². The van der Waals surface area contributed by atoms with Crippen molar-refractivity contribution in [3.8, 4) is 10.6 Å². The number of hydrogen-bond donors (Lipinski definition) is 1. The molecule has 2 heterocycles. The number of anilines is 1. The number of alkyl halides is 1. The third-order valence-corrected chi connectivity index (χ3v) is 3.60. The minimum absolute atomic E-state index is 0.191. The molecule has 4 nitrogen and oxygen atoms in total. The molecule has 1 N–H and O–H groups in total. The maximum Gasteiger partial charge on any atom is 0.413 e. The standard InChI is InChI=1S/C10H9ClN2O2S2/c11-3-4-15-10(14)13-9-12-7(6-17-9)8-2-1-5-16-8/h1-2,5-6H,3-4H2,(H,12,13,14). The highest BCUT2D eigenvalue weighted by atomic mass is 35.5.